The van der Waals surface area contributed by atoms with Crippen molar-refractivity contribution in [1.29, 1.82) is 0 Å². The highest BCUT2D eigenvalue weighted by Gasteiger charge is 2.48. The third-order valence-electron chi connectivity index (χ3n) is 5.46. The van der Waals surface area contributed by atoms with Crippen molar-refractivity contribution in [3.63, 3.8) is 0 Å². The van der Waals surface area contributed by atoms with Crippen LogP contribution in [0.15, 0.2) is 0 Å². The summed E-state index contributed by atoms with van der Waals surface area (Å²) in [6, 6.07) is 0.0998. The molecule has 3 aliphatic rings. The van der Waals surface area contributed by atoms with Gasteiger partial charge in [0.1, 0.15) is 0 Å². The van der Waals surface area contributed by atoms with Gasteiger partial charge in [-0.2, -0.15) is 11.8 Å². The van der Waals surface area contributed by atoms with Crippen LogP contribution in [0.1, 0.15) is 32.1 Å². The lowest BCUT2D eigenvalue weighted by Gasteiger charge is -2.47. The minimum Gasteiger partial charge on any atom is -0.381 e. The Balaban J connectivity index is 1.70. The van der Waals surface area contributed by atoms with Crippen molar-refractivity contribution in [3.8, 4) is 0 Å². The molecule has 5 heteroatoms. The highest BCUT2D eigenvalue weighted by atomic mass is 32.2. The van der Waals surface area contributed by atoms with Gasteiger partial charge in [-0.1, -0.05) is 0 Å². The number of hydrogen-bond acceptors (Lipinski definition) is 5. The Morgan fingerprint density at radius 2 is 2.05 bits per heavy atom. The Hall–Kier alpha value is 0.190. The van der Waals surface area contributed by atoms with Gasteiger partial charge in [-0.25, -0.2) is 0 Å². The van der Waals surface area contributed by atoms with Gasteiger partial charge < -0.3 is 19.9 Å². The fourth-order valence-corrected chi connectivity index (χ4v) is 5.43. The molecule has 0 amide bonds. The fourth-order valence-electron chi connectivity index (χ4n) is 4.06. The number of hydrogen-bond donors (Lipinski definition) is 1. The van der Waals surface area contributed by atoms with E-state index in [9.17, 15) is 0 Å². The van der Waals surface area contributed by atoms with Crippen molar-refractivity contribution in [3.05, 3.63) is 0 Å². The maximum absolute atomic E-state index is 6.68. The van der Waals surface area contributed by atoms with Crippen molar-refractivity contribution in [1.82, 2.24) is 0 Å². The van der Waals surface area contributed by atoms with Crippen LogP contribution in [0.4, 0.5) is 0 Å². The Morgan fingerprint density at radius 1 is 1.25 bits per heavy atom. The summed E-state index contributed by atoms with van der Waals surface area (Å²) in [5.74, 6) is 2.88. The molecule has 0 aromatic rings. The molecular weight excluding hydrogens is 274 g/mol. The second-order valence-electron chi connectivity index (χ2n) is 6.49. The molecule has 4 nitrogen and oxygen atoms in total. The van der Waals surface area contributed by atoms with E-state index in [0.717, 1.165) is 51.3 Å². The molecule has 3 saturated heterocycles. The number of thioether (sulfide) groups is 1. The second kappa shape index (κ2) is 6.13. The van der Waals surface area contributed by atoms with E-state index >= 15 is 0 Å². The quantitative estimate of drug-likeness (QED) is 0.861. The van der Waals surface area contributed by atoms with Gasteiger partial charge in [0.25, 0.3) is 0 Å². The smallest absolute Gasteiger partial charge is 0.0875 e. The molecule has 0 aromatic carbocycles. The molecule has 0 radical (unpaired) electrons. The number of methoxy groups -OCH3 is 1. The standard InChI is InChI=1S/C15H27NO3S/c1-17-15(3-7-18-8-4-15)13(16)12-2-6-19-14(10-12)5-9-20-11-14/h12-13H,2-11,16H2,1H3. The predicted molar refractivity (Wildman–Crippen MR) is 81.1 cm³/mol. The van der Waals surface area contributed by atoms with Gasteiger partial charge in [0.15, 0.2) is 0 Å². The van der Waals surface area contributed by atoms with Crippen LogP contribution < -0.4 is 5.73 Å². The molecule has 3 atom stereocenters. The normalized spacial score (nSPS) is 39.0. The van der Waals surface area contributed by atoms with E-state index in [1.54, 1.807) is 0 Å². The monoisotopic (exact) mass is 301 g/mol. The topological polar surface area (TPSA) is 53.7 Å². The molecule has 0 saturated carbocycles. The number of nitrogens with two attached hydrogens (primary N) is 1. The maximum Gasteiger partial charge on any atom is 0.0875 e. The van der Waals surface area contributed by atoms with E-state index in [2.05, 4.69) is 0 Å². The predicted octanol–water partition coefficient (Wildman–Crippen LogP) is 1.81. The van der Waals surface area contributed by atoms with Gasteiger partial charge in [-0.05, 0) is 30.9 Å². The summed E-state index contributed by atoms with van der Waals surface area (Å²) in [7, 11) is 1.81. The van der Waals surface area contributed by atoms with Crippen LogP contribution in [0.2, 0.25) is 0 Å². The first-order chi connectivity index (χ1) is 9.70. The van der Waals surface area contributed by atoms with Crippen LogP contribution >= 0.6 is 11.8 Å². The van der Waals surface area contributed by atoms with Crippen LogP contribution in [-0.2, 0) is 14.2 Å². The van der Waals surface area contributed by atoms with E-state index in [-0.39, 0.29) is 17.2 Å². The fraction of sp³-hybridized carbons (Fsp3) is 1.00. The molecule has 1 spiro atoms. The van der Waals surface area contributed by atoms with Crippen LogP contribution in [-0.4, -0.2) is 55.7 Å². The Morgan fingerprint density at radius 3 is 2.70 bits per heavy atom. The molecule has 3 heterocycles. The summed E-state index contributed by atoms with van der Waals surface area (Å²) in [4.78, 5) is 0. The molecule has 116 valence electrons. The molecule has 0 aromatic heterocycles. The average molecular weight is 301 g/mol. The van der Waals surface area contributed by atoms with Crippen LogP contribution in [0.3, 0.4) is 0 Å². The number of rotatable bonds is 3. The van der Waals surface area contributed by atoms with Gasteiger partial charge in [0, 0.05) is 51.6 Å². The SMILES string of the molecule is COC1(C(N)C2CCOC3(CCSC3)C2)CCOCC1. The van der Waals surface area contributed by atoms with Gasteiger partial charge in [0.2, 0.25) is 0 Å². The van der Waals surface area contributed by atoms with Crippen molar-refractivity contribution in [2.75, 3.05) is 38.4 Å². The lowest BCUT2D eigenvalue weighted by atomic mass is 9.73. The zero-order chi connectivity index (χ0) is 14.1. The zero-order valence-corrected chi connectivity index (χ0v) is 13.3. The van der Waals surface area contributed by atoms with Gasteiger partial charge in [0.05, 0.1) is 11.2 Å². The number of ether oxygens (including phenoxy) is 3. The van der Waals surface area contributed by atoms with Crippen molar-refractivity contribution in [2.45, 2.75) is 49.3 Å². The molecule has 3 unspecified atom stereocenters. The lowest BCUT2D eigenvalue weighted by molar-refractivity contribution is -0.138. The van der Waals surface area contributed by atoms with E-state index in [1.165, 1.54) is 12.2 Å². The van der Waals surface area contributed by atoms with E-state index in [0.29, 0.717) is 5.92 Å². The van der Waals surface area contributed by atoms with E-state index in [4.69, 9.17) is 19.9 Å². The van der Waals surface area contributed by atoms with E-state index in [1.807, 2.05) is 18.9 Å². The zero-order valence-electron chi connectivity index (χ0n) is 12.4. The lowest BCUT2D eigenvalue weighted by Crippen LogP contribution is -2.58. The summed E-state index contributed by atoms with van der Waals surface area (Å²) in [5, 5.41) is 0. The highest BCUT2D eigenvalue weighted by Crippen LogP contribution is 2.43. The van der Waals surface area contributed by atoms with Crippen LogP contribution in [0.5, 0.6) is 0 Å². The first-order valence-electron chi connectivity index (χ1n) is 7.80. The molecule has 20 heavy (non-hydrogen) atoms. The molecule has 3 rings (SSSR count). The maximum atomic E-state index is 6.68. The second-order valence-corrected chi connectivity index (χ2v) is 7.60. The largest absolute Gasteiger partial charge is 0.381 e. The summed E-state index contributed by atoms with van der Waals surface area (Å²) >= 11 is 2.02. The Labute approximate surface area is 126 Å². The van der Waals surface area contributed by atoms with Gasteiger partial charge >= 0.3 is 0 Å². The van der Waals surface area contributed by atoms with Gasteiger partial charge in [-0.15, -0.1) is 0 Å². The Kier molecular flexibility index (Phi) is 4.63. The minimum absolute atomic E-state index is 0.0998. The highest BCUT2D eigenvalue weighted by molar-refractivity contribution is 7.99. The molecule has 0 bridgehead atoms. The van der Waals surface area contributed by atoms with Crippen LogP contribution in [0.25, 0.3) is 0 Å². The van der Waals surface area contributed by atoms with Crippen molar-refractivity contribution >= 4 is 11.8 Å². The Bertz CT molecular complexity index is 327. The van der Waals surface area contributed by atoms with Gasteiger partial charge in [-0.3, -0.25) is 0 Å². The molecular formula is C15H27NO3S. The first-order valence-corrected chi connectivity index (χ1v) is 8.95. The minimum atomic E-state index is -0.187. The van der Waals surface area contributed by atoms with Crippen molar-refractivity contribution < 1.29 is 14.2 Å². The summed E-state index contributed by atoms with van der Waals surface area (Å²) in [6.07, 6.45) is 5.20. The summed E-state index contributed by atoms with van der Waals surface area (Å²) in [6.45, 7) is 2.40. The molecule has 3 aliphatic heterocycles. The van der Waals surface area contributed by atoms with Crippen molar-refractivity contribution in [2.24, 2.45) is 11.7 Å². The molecule has 3 fully saturated rings. The summed E-state index contributed by atoms with van der Waals surface area (Å²) < 4.78 is 17.5. The van der Waals surface area contributed by atoms with E-state index < -0.39 is 0 Å². The third kappa shape index (κ3) is 2.75. The van der Waals surface area contributed by atoms with Crippen LogP contribution in [0, 0.1) is 5.92 Å². The molecule has 0 aliphatic carbocycles. The summed E-state index contributed by atoms with van der Waals surface area (Å²) in [5.41, 5.74) is 6.59. The average Bonchev–Trinajstić information content (AvgIpc) is 2.95. The third-order valence-corrected chi connectivity index (χ3v) is 6.68. The first kappa shape index (κ1) is 15.1. The molecule has 2 N–H and O–H groups in total.